The Labute approximate surface area is 139 Å². The van der Waals surface area contributed by atoms with E-state index >= 15 is 0 Å². The standard InChI is InChI=1S/C16H15ClFNO3S/c17-14-10-13(6-7-15(14)18)23(20,21)19-8-9-22-16(11-19)12-4-2-1-3-5-12/h1-7,10,16H,8-9,11H2/t16-/m0/s1. The molecule has 2 aromatic rings. The molecule has 2 aromatic carbocycles. The minimum atomic E-state index is -3.74. The van der Waals surface area contributed by atoms with E-state index in [1.54, 1.807) is 0 Å². The van der Waals surface area contributed by atoms with Crippen LogP contribution in [0.3, 0.4) is 0 Å². The van der Waals surface area contributed by atoms with Gasteiger partial charge in [0.25, 0.3) is 0 Å². The van der Waals surface area contributed by atoms with E-state index in [1.807, 2.05) is 30.3 Å². The molecular weight excluding hydrogens is 341 g/mol. The van der Waals surface area contributed by atoms with Crippen molar-refractivity contribution < 1.29 is 17.5 Å². The number of ether oxygens (including phenoxy) is 1. The van der Waals surface area contributed by atoms with E-state index in [9.17, 15) is 12.8 Å². The second kappa shape index (κ2) is 6.57. The molecule has 0 aromatic heterocycles. The van der Waals surface area contributed by atoms with E-state index < -0.39 is 15.8 Å². The monoisotopic (exact) mass is 355 g/mol. The van der Waals surface area contributed by atoms with E-state index in [0.717, 1.165) is 17.7 Å². The summed E-state index contributed by atoms with van der Waals surface area (Å²) in [4.78, 5) is -0.0161. The number of hydrogen-bond acceptors (Lipinski definition) is 3. The molecule has 3 rings (SSSR count). The quantitative estimate of drug-likeness (QED) is 0.849. The Bertz CT molecular complexity index is 798. The molecule has 1 aliphatic rings. The van der Waals surface area contributed by atoms with Gasteiger partial charge in [-0.25, -0.2) is 12.8 Å². The third-order valence-electron chi connectivity index (χ3n) is 3.73. The molecular formula is C16H15ClFNO3S. The van der Waals surface area contributed by atoms with Crippen LogP contribution in [0.2, 0.25) is 5.02 Å². The SMILES string of the molecule is O=S(=O)(c1ccc(F)c(Cl)c1)N1CCO[C@H](c2ccccc2)C1. The Balaban J connectivity index is 1.86. The Kier molecular flexibility index (Phi) is 4.68. The van der Waals surface area contributed by atoms with Gasteiger partial charge >= 0.3 is 0 Å². The van der Waals surface area contributed by atoms with E-state index in [-0.39, 0.29) is 29.1 Å². The number of halogens is 2. The van der Waals surface area contributed by atoms with Crippen LogP contribution in [-0.2, 0) is 14.8 Å². The summed E-state index contributed by atoms with van der Waals surface area (Å²) in [5.74, 6) is -0.644. The molecule has 7 heteroatoms. The van der Waals surface area contributed by atoms with Crippen molar-refractivity contribution in [3.63, 3.8) is 0 Å². The summed E-state index contributed by atoms with van der Waals surface area (Å²) in [6.07, 6.45) is -0.323. The first-order valence-corrected chi connectivity index (χ1v) is 8.92. The molecule has 1 heterocycles. The molecule has 0 N–H and O–H groups in total. The highest BCUT2D eigenvalue weighted by atomic mass is 35.5. The summed E-state index contributed by atoms with van der Waals surface area (Å²) in [6.45, 7) is 0.760. The zero-order chi connectivity index (χ0) is 16.4. The lowest BCUT2D eigenvalue weighted by atomic mass is 10.1. The normalized spacial score (nSPS) is 19.7. The fourth-order valence-electron chi connectivity index (χ4n) is 2.50. The topological polar surface area (TPSA) is 46.6 Å². The van der Waals surface area contributed by atoms with Gasteiger partial charge in [-0.15, -0.1) is 0 Å². The van der Waals surface area contributed by atoms with Gasteiger partial charge < -0.3 is 4.74 Å². The van der Waals surface area contributed by atoms with Crippen LogP contribution in [0, 0.1) is 5.82 Å². The molecule has 122 valence electrons. The zero-order valence-corrected chi connectivity index (χ0v) is 13.7. The number of sulfonamides is 1. The summed E-state index contributed by atoms with van der Waals surface area (Å²) in [6, 6.07) is 12.9. The van der Waals surface area contributed by atoms with Crippen molar-refractivity contribution in [1.82, 2.24) is 4.31 Å². The van der Waals surface area contributed by atoms with Gasteiger partial charge in [0.05, 0.1) is 22.6 Å². The molecule has 0 spiro atoms. The molecule has 1 aliphatic heterocycles. The lowest BCUT2D eigenvalue weighted by Crippen LogP contribution is -2.42. The van der Waals surface area contributed by atoms with Gasteiger partial charge in [0.1, 0.15) is 5.82 Å². The van der Waals surface area contributed by atoms with Gasteiger partial charge in [-0.3, -0.25) is 0 Å². The molecule has 0 saturated carbocycles. The predicted octanol–water partition coefficient (Wildman–Crippen LogP) is 3.24. The summed E-state index contributed by atoms with van der Waals surface area (Å²) >= 11 is 5.70. The first-order chi connectivity index (χ1) is 11.0. The van der Waals surface area contributed by atoms with Crippen molar-refractivity contribution in [2.75, 3.05) is 19.7 Å². The highest BCUT2D eigenvalue weighted by Gasteiger charge is 2.31. The summed E-state index contributed by atoms with van der Waals surface area (Å²) in [7, 11) is -3.74. The zero-order valence-electron chi connectivity index (χ0n) is 12.2. The lowest BCUT2D eigenvalue weighted by Gasteiger charge is -2.32. The second-order valence-corrected chi connectivity index (χ2v) is 7.55. The smallest absolute Gasteiger partial charge is 0.243 e. The van der Waals surface area contributed by atoms with Crippen LogP contribution in [0.4, 0.5) is 4.39 Å². The van der Waals surface area contributed by atoms with E-state index in [4.69, 9.17) is 16.3 Å². The molecule has 4 nitrogen and oxygen atoms in total. The van der Waals surface area contributed by atoms with Gasteiger partial charge in [0.2, 0.25) is 10.0 Å². The van der Waals surface area contributed by atoms with Crippen molar-refractivity contribution in [2.45, 2.75) is 11.0 Å². The molecule has 1 saturated heterocycles. The summed E-state index contributed by atoms with van der Waals surface area (Å²) < 4.78 is 45.7. The highest BCUT2D eigenvalue weighted by Crippen LogP contribution is 2.28. The van der Waals surface area contributed by atoms with Crippen molar-refractivity contribution >= 4 is 21.6 Å². The van der Waals surface area contributed by atoms with Crippen LogP contribution in [0.5, 0.6) is 0 Å². The molecule has 23 heavy (non-hydrogen) atoms. The highest BCUT2D eigenvalue weighted by molar-refractivity contribution is 7.89. The molecule has 0 aliphatic carbocycles. The van der Waals surface area contributed by atoms with Gasteiger partial charge in [-0.1, -0.05) is 41.9 Å². The summed E-state index contributed by atoms with van der Waals surface area (Å²) in [5.41, 5.74) is 0.921. The van der Waals surface area contributed by atoms with Crippen LogP contribution < -0.4 is 0 Å². The first-order valence-electron chi connectivity index (χ1n) is 7.10. The van der Waals surface area contributed by atoms with Crippen LogP contribution >= 0.6 is 11.6 Å². The van der Waals surface area contributed by atoms with Crippen molar-refractivity contribution in [1.29, 1.82) is 0 Å². The fourth-order valence-corrected chi connectivity index (χ4v) is 4.20. The first kappa shape index (κ1) is 16.4. The summed E-state index contributed by atoms with van der Waals surface area (Å²) in [5, 5.41) is -0.209. The number of nitrogens with zero attached hydrogens (tertiary/aromatic N) is 1. The number of benzene rings is 2. The Morgan fingerprint density at radius 1 is 1.17 bits per heavy atom. The minimum Gasteiger partial charge on any atom is -0.371 e. The molecule has 0 bridgehead atoms. The van der Waals surface area contributed by atoms with Crippen molar-refractivity contribution in [3.05, 3.63) is 64.9 Å². The molecule has 0 radical (unpaired) electrons. The number of hydrogen-bond donors (Lipinski definition) is 0. The van der Waals surface area contributed by atoms with Gasteiger partial charge in [0, 0.05) is 13.1 Å². The van der Waals surface area contributed by atoms with Crippen molar-refractivity contribution in [2.24, 2.45) is 0 Å². The Hall–Kier alpha value is -1.47. The maximum Gasteiger partial charge on any atom is 0.243 e. The Morgan fingerprint density at radius 2 is 1.91 bits per heavy atom. The van der Waals surface area contributed by atoms with Crippen molar-refractivity contribution in [3.8, 4) is 0 Å². The van der Waals surface area contributed by atoms with Gasteiger partial charge in [-0.2, -0.15) is 4.31 Å². The van der Waals surface area contributed by atoms with Crippen LogP contribution in [-0.4, -0.2) is 32.4 Å². The fraction of sp³-hybridized carbons (Fsp3) is 0.250. The number of morpholine rings is 1. The van der Waals surface area contributed by atoms with Gasteiger partial charge in [-0.05, 0) is 23.8 Å². The van der Waals surface area contributed by atoms with Crippen LogP contribution in [0.15, 0.2) is 53.4 Å². The Morgan fingerprint density at radius 3 is 2.61 bits per heavy atom. The van der Waals surface area contributed by atoms with Crippen LogP contribution in [0.1, 0.15) is 11.7 Å². The maximum absolute atomic E-state index is 13.3. The molecule has 1 atom stereocenters. The van der Waals surface area contributed by atoms with E-state index in [0.29, 0.717) is 6.61 Å². The minimum absolute atomic E-state index is 0.0161. The van der Waals surface area contributed by atoms with Gasteiger partial charge in [0.15, 0.2) is 0 Å². The average molecular weight is 356 g/mol. The maximum atomic E-state index is 13.3. The third kappa shape index (κ3) is 3.40. The molecule has 1 fully saturated rings. The molecule has 0 unspecified atom stereocenters. The largest absolute Gasteiger partial charge is 0.371 e. The second-order valence-electron chi connectivity index (χ2n) is 5.21. The molecule has 0 amide bonds. The predicted molar refractivity (Wildman–Crippen MR) is 85.3 cm³/mol. The van der Waals surface area contributed by atoms with E-state index in [2.05, 4.69) is 0 Å². The lowest BCUT2D eigenvalue weighted by molar-refractivity contribution is -0.00255. The van der Waals surface area contributed by atoms with Crippen LogP contribution in [0.25, 0.3) is 0 Å². The average Bonchev–Trinajstić information content (AvgIpc) is 2.58. The van der Waals surface area contributed by atoms with E-state index in [1.165, 1.54) is 10.4 Å². The number of rotatable bonds is 3. The third-order valence-corrected chi connectivity index (χ3v) is 5.88.